The van der Waals surface area contributed by atoms with Crippen molar-refractivity contribution in [2.24, 2.45) is 0 Å². The lowest BCUT2D eigenvalue weighted by Crippen LogP contribution is -2.06. The van der Waals surface area contributed by atoms with Gasteiger partial charge in [-0.05, 0) is 73.9 Å². The van der Waals surface area contributed by atoms with Crippen LogP contribution in [0.3, 0.4) is 0 Å². The Hall–Kier alpha value is -3.28. The predicted octanol–water partition coefficient (Wildman–Crippen LogP) is 5.77. The molecule has 3 aromatic rings. The van der Waals surface area contributed by atoms with Crippen LogP contribution in [0.1, 0.15) is 70.9 Å². The Morgan fingerprint density at radius 3 is 1.31 bits per heavy atom. The van der Waals surface area contributed by atoms with Gasteiger partial charge < -0.3 is 19.4 Å². The zero-order valence-corrected chi connectivity index (χ0v) is 19.8. The van der Waals surface area contributed by atoms with Crippen molar-refractivity contribution in [3.05, 3.63) is 57.9 Å². The molecule has 0 spiro atoms. The van der Waals surface area contributed by atoms with Crippen molar-refractivity contribution < 1.29 is 19.1 Å². The number of hydrogen-bond donors (Lipinski definition) is 2. The van der Waals surface area contributed by atoms with E-state index in [1.54, 1.807) is 13.8 Å². The van der Waals surface area contributed by atoms with Gasteiger partial charge in [0.1, 0.15) is 11.4 Å². The molecule has 0 saturated heterocycles. The number of aromatic nitrogens is 2. The van der Waals surface area contributed by atoms with E-state index in [-0.39, 0.29) is 11.9 Å². The summed E-state index contributed by atoms with van der Waals surface area (Å²) in [5.74, 6) is -0.660. The van der Waals surface area contributed by atoms with E-state index in [9.17, 15) is 9.59 Å². The quantitative estimate of drug-likeness (QED) is 0.439. The summed E-state index contributed by atoms with van der Waals surface area (Å²) in [5, 5.41) is 0. The Balaban J connectivity index is 2.01. The van der Waals surface area contributed by atoms with E-state index >= 15 is 0 Å². The third kappa shape index (κ3) is 4.22. The molecule has 2 heterocycles. The monoisotopic (exact) mass is 436 g/mol. The lowest BCUT2D eigenvalue weighted by molar-refractivity contribution is 0.0510. The van der Waals surface area contributed by atoms with Crippen LogP contribution < -0.4 is 0 Å². The number of benzene rings is 1. The normalized spacial score (nSPS) is 10.9. The molecule has 32 heavy (non-hydrogen) atoms. The Kier molecular flexibility index (Phi) is 7.23. The fourth-order valence-corrected chi connectivity index (χ4v) is 4.26. The third-order valence-corrected chi connectivity index (χ3v) is 5.89. The molecule has 0 aliphatic rings. The molecule has 0 atom stereocenters. The number of H-pyrrole nitrogens is 2. The van der Waals surface area contributed by atoms with Crippen LogP contribution in [0.15, 0.2) is 24.3 Å². The van der Waals surface area contributed by atoms with Gasteiger partial charge in [-0.15, -0.1) is 0 Å². The molecular formula is C26H32N2O4. The maximum absolute atomic E-state index is 12.3. The summed E-state index contributed by atoms with van der Waals surface area (Å²) in [5.41, 5.74) is 8.95. The first-order chi connectivity index (χ1) is 15.4. The average molecular weight is 437 g/mol. The maximum atomic E-state index is 12.3. The lowest BCUT2D eigenvalue weighted by atomic mass is 9.99. The zero-order valence-electron chi connectivity index (χ0n) is 19.8. The van der Waals surface area contributed by atoms with E-state index in [0.717, 1.165) is 57.6 Å². The van der Waals surface area contributed by atoms with E-state index in [2.05, 4.69) is 23.8 Å². The molecule has 0 radical (unpaired) electrons. The summed E-state index contributed by atoms with van der Waals surface area (Å²) in [6.45, 7) is 12.3. The molecule has 2 N–H and O–H groups in total. The van der Waals surface area contributed by atoms with Crippen molar-refractivity contribution in [1.82, 2.24) is 9.97 Å². The van der Waals surface area contributed by atoms with Gasteiger partial charge in [0.15, 0.2) is 0 Å². The van der Waals surface area contributed by atoms with Crippen LogP contribution in [0.2, 0.25) is 0 Å². The number of ether oxygens (including phenoxy) is 2. The van der Waals surface area contributed by atoms with Crippen LogP contribution >= 0.6 is 0 Å². The van der Waals surface area contributed by atoms with Crippen LogP contribution in [0.25, 0.3) is 22.5 Å². The number of carbonyl (C=O) groups excluding carboxylic acids is 2. The molecule has 0 unspecified atom stereocenters. The lowest BCUT2D eigenvalue weighted by Gasteiger charge is -2.07. The average Bonchev–Trinajstić information content (AvgIpc) is 3.30. The standard InChI is InChI=1S/C26H32N2O4/c1-7-19-15(5)21(25(29)31-9-3)27-23(19)17-11-13-18(14-12-17)24-20(8-2)16(6)22(28-24)26(30)32-10-4/h11-14,27-28H,7-10H2,1-6H3. The molecule has 2 aromatic heterocycles. The van der Waals surface area contributed by atoms with Gasteiger partial charge in [-0.1, -0.05) is 38.1 Å². The van der Waals surface area contributed by atoms with Crippen molar-refractivity contribution >= 4 is 11.9 Å². The van der Waals surface area contributed by atoms with E-state index < -0.39 is 0 Å². The van der Waals surface area contributed by atoms with E-state index in [1.165, 1.54) is 0 Å². The fraction of sp³-hybridized carbons (Fsp3) is 0.385. The minimum absolute atomic E-state index is 0.330. The van der Waals surface area contributed by atoms with Crippen molar-refractivity contribution in [3.8, 4) is 22.5 Å². The molecule has 0 fully saturated rings. The van der Waals surface area contributed by atoms with Gasteiger partial charge in [-0.25, -0.2) is 9.59 Å². The highest BCUT2D eigenvalue weighted by atomic mass is 16.5. The molecule has 3 rings (SSSR count). The Morgan fingerprint density at radius 1 is 0.688 bits per heavy atom. The first-order valence-corrected chi connectivity index (χ1v) is 11.3. The summed E-state index contributed by atoms with van der Waals surface area (Å²) >= 11 is 0. The van der Waals surface area contributed by atoms with Gasteiger partial charge in [-0.3, -0.25) is 0 Å². The number of nitrogens with one attached hydrogen (secondary N) is 2. The van der Waals surface area contributed by atoms with E-state index in [4.69, 9.17) is 9.47 Å². The van der Waals surface area contributed by atoms with Crippen LogP contribution in [-0.4, -0.2) is 35.1 Å². The van der Waals surface area contributed by atoms with Crippen molar-refractivity contribution in [2.75, 3.05) is 13.2 Å². The topological polar surface area (TPSA) is 84.2 Å². The summed E-state index contributed by atoms with van der Waals surface area (Å²) in [7, 11) is 0. The Labute approximate surface area is 189 Å². The van der Waals surface area contributed by atoms with Gasteiger partial charge in [0.25, 0.3) is 0 Å². The van der Waals surface area contributed by atoms with Crippen molar-refractivity contribution in [3.63, 3.8) is 0 Å². The van der Waals surface area contributed by atoms with Crippen LogP contribution in [0, 0.1) is 13.8 Å². The zero-order chi connectivity index (χ0) is 23.4. The largest absolute Gasteiger partial charge is 0.461 e. The van der Waals surface area contributed by atoms with Crippen molar-refractivity contribution in [2.45, 2.75) is 54.4 Å². The number of rotatable bonds is 8. The van der Waals surface area contributed by atoms with Gasteiger partial charge in [0.2, 0.25) is 0 Å². The summed E-state index contributed by atoms with van der Waals surface area (Å²) < 4.78 is 10.4. The molecule has 0 aliphatic carbocycles. The smallest absolute Gasteiger partial charge is 0.355 e. The molecular weight excluding hydrogens is 404 g/mol. The Morgan fingerprint density at radius 2 is 1.03 bits per heavy atom. The third-order valence-electron chi connectivity index (χ3n) is 5.89. The highest BCUT2D eigenvalue weighted by Gasteiger charge is 2.22. The van der Waals surface area contributed by atoms with E-state index in [0.29, 0.717) is 24.6 Å². The van der Waals surface area contributed by atoms with E-state index in [1.807, 2.05) is 38.1 Å². The number of aromatic amines is 2. The maximum Gasteiger partial charge on any atom is 0.355 e. The summed E-state index contributed by atoms with van der Waals surface area (Å²) in [6, 6.07) is 8.14. The number of carbonyl (C=O) groups is 2. The van der Waals surface area contributed by atoms with Crippen LogP contribution in [0.5, 0.6) is 0 Å². The minimum Gasteiger partial charge on any atom is -0.461 e. The second kappa shape index (κ2) is 9.90. The van der Waals surface area contributed by atoms with Crippen LogP contribution in [-0.2, 0) is 22.3 Å². The van der Waals surface area contributed by atoms with Crippen LogP contribution in [0.4, 0.5) is 0 Å². The number of hydrogen-bond acceptors (Lipinski definition) is 4. The minimum atomic E-state index is -0.330. The first-order valence-electron chi connectivity index (χ1n) is 11.3. The highest BCUT2D eigenvalue weighted by Crippen LogP contribution is 2.33. The first kappa shape index (κ1) is 23.4. The second-order valence-corrected chi connectivity index (χ2v) is 7.68. The molecule has 1 aromatic carbocycles. The van der Waals surface area contributed by atoms with Crippen molar-refractivity contribution in [1.29, 1.82) is 0 Å². The molecule has 6 heteroatoms. The molecule has 0 aliphatic heterocycles. The summed E-state index contributed by atoms with van der Waals surface area (Å²) in [4.78, 5) is 31.2. The van der Waals surface area contributed by atoms with Gasteiger partial charge in [0, 0.05) is 11.4 Å². The SMILES string of the molecule is CCOC(=O)c1[nH]c(-c2ccc(-c3[nH]c(C(=O)OCC)c(C)c3CC)cc2)c(CC)c1C. The molecule has 170 valence electrons. The van der Waals surface area contributed by atoms with Gasteiger partial charge in [-0.2, -0.15) is 0 Å². The molecule has 0 amide bonds. The van der Waals surface area contributed by atoms with Gasteiger partial charge in [0.05, 0.1) is 13.2 Å². The number of esters is 2. The summed E-state index contributed by atoms with van der Waals surface area (Å²) in [6.07, 6.45) is 1.61. The fourth-order valence-electron chi connectivity index (χ4n) is 4.26. The highest BCUT2D eigenvalue weighted by molar-refractivity contribution is 5.92. The Bertz CT molecular complexity index is 1030. The second-order valence-electron chi connectivity index (χ2n) is 7.68. The van der Waals surface area contributed by atoms with Gasteiger partial charge >= 0.3 is 11.9 Å². The molecule has 6 nitrogen and oxygen atoms in total. The predicted molar refractivity (Wildman–Crippen MR) is 126 cm³/mol. The molecule has 0 saturated carbocycles. The molecule has 0 bridgehead atoms.